The van der Waals surface area contributed by atoms with Gasteiger partial charge >= 0.3 is 5.97 Å². The highest BCUT2D eigenvalue weighted by atomic mass is 16.5. The second-order valence-corrected chi connectivity index (χ2v) is 4.34. The molecule has 0 saturated heterocycles. The van der Waals surface area contributed by atoms with Gasteiger partial charge in [-0.25, -0.2) is 0 Å². The fraction of sp³-hybridized carbons (Fsp3) is 0.917. The van der Waals surface area contributed by atoms with Crippen LogP contribution in [0.3, 0.4) is 0 Å². The summed E-state index contributed by atoms with van der Waals surface area (Å²) < 4.78 is 4.59. The molecule has 15 heavy (non-hydrogen) atoms. The van der Waals surface area contributed by atoms with Crippen LogP contribution in [0.1, 0.15) is 39.5 Å². The summed E-state index contributed by atoms with van der Waals surface area (Å²) in [5, 5.41) is 0. The van der Waals surface area contributed by atoms with Gasteiger partial charge in [-0.3, -0.25) is 4.79 Å². The molecular formula is C12H25NO2. The molecule has 0 bridgehead atoms. The standard InChI is InChI=1S/C12H25NO2/c1-5-7-11(2)10-13(3)9-6-8-12(14)15-4/h11H,5-10H2,1-4H3. The Balaban J connectivity index is 3.48. The van der Waals surface area contributed by atoms with Crippen molar-refractivity contribution in [2.45, 2.75) is 39.5 Å². The SMILES string of the molecule is CCCC(C)CN(C)CCCC(=O)OC. The number of hydrogen-bond donors (Lipinski definition) is 0. The average molecular weight is 215 g/mol. The zero-order valence-electron chi connectivity index (χ0n) is 10.6. The first-order chi connectivity index (χ1) is 7.10. The fourth-order valence-corrected chi connectivity index (χ4v) is 1.80. The largest absolute Gasteiger partial charge is 0.469 e. The summed E-state index contributed by atoms with van der Waals surface area (Å²) in [4.78, 5) is 13.2. The number of esters is 1. The minimum absolute atomic E-state index is 0.106. The average Bonchev–Trinajstić information content (AvgIpc) is 2.17. The number of nitrogens with zero attached hydrogens (tertiary/aromatic N) is 1. The van der Waals surface area contributed by atoms with Crippen LogP contribution in [-0.4, -0.2) is 38.1 Å². The van der Waals surface area contributed by atoms with Crippen LogP contribution in [0.2, 0.25) is 0 Å². The Labute approximate surface area is 93.8 Å². The van der Waals surface area contributed by atoms with Gasteiger partial charge in [0.2, 0.25) is 0 Å². The Hall–Kier alpha value is -0.570. The molecule has 0 aromatic rings. The lowest BCUT2D eigenvalue weighted by atomic mass is 10.1. The number of ether oxygens (including phenoxy) is 1. The molecule has 0 saturated carbocycles. The molecule has 1 atom stereocenters. The van der Waals surface area contributed by atoms with Gasteiger partial charge in [0.25, 0.3) is 0 Å². The predicted octanol–water partition coefficient (Wildman–Crippen LogP) is 2.31. The van der Waals surface area contributed by atoms with Crippen molar-refractivity contribution in [2.24, 2.45) is 5.92 Å². The van der Waals surface area contributed by atoms with Crippen LogP contribution < -0.4 is 0 Å². The van der Waals surface area contributed by atoms with Crippen molar-refractivity contribution >= 4 is 5.97 Å². The molecule has 0 aromatic heterocycles. The van der Waals surface area contributed by atoms with Crippen molar-refractivity contribution in [3.63, 3.8) is 0 Å². The van der Waals surface area contributed by atoms with Gasteiger partial charge in [0.1, 0.15) is 0 Å². The Morgan fingerprint density at radius 2 is 2.13 bits per heavy atom. The molecule has 90 valence electrons. The quantitative estimate of drug-likeness (QED) is 0.582. The van der Waals surface area contributed by atoms with E-state index in [0.29, 0.717) is 6.42 Å². The maximum atomic E-state index is 10.9. The van der Waals surface area contributed by atoms with E-state index in [-0.39, 0.29) is 5.97 Å². The minimum atomic E-state index is -0.106. The van der Waals surface area contributed by atoms with Crippen molar-refractivity contribution in [1.29, 1.82) is 0 Å². The Morgan fingerprint density at radius 3 is 2.67 bits per heavy atom. The predicted molar refractivity (Wildman–Crippen MR) is 62.8 cm³/mol. The highest BCUT2D eigenvalue weighted by Gasteiger charge is 2.06. The zero-order chi connectivity index (χ0) is 11.7. The van der Waals surface area contributed by atoms with E-state index >= 15 is 0 Å². The summed E-state index contributed by atoms with van der Waals surface area (Å²) in [6.45, 7) is 6.59. The van der Waals surface area contributed by atoms with Gasteiger partial charge in [-0.05, 0) is 32.4 Å². The first-order valence-electron chi connectivity index (χ1n) is 5.85. The van der Waals surface area contributed by atoms with E-state index in [1.807, 2.05) is 0 Å². The molecule has 0 aromatic carbocycles. The molecule has 3 nitrogen and oxygen atoms in total. The summed E-state index contributed by atoms with van der Waals surface area (Å²) in [6, 6.07) is 0. The number of carbonyl (C=O) groups excluding carboxylic acids is 1. The molecule has 0 radical (unpaired) electrons. The maximum absolute atomic E-state index is 10.9. The highest BCUT2D eigenvalue weighted by Crippen LogP contribution is 2.07. The third-order valence-electron chi connectivity index (χ3n) is 2.55. The number of rotatable bonds is 8. The van der Waals surface area contributed by atoms with Crippen LogP contribution >= 0.6 is 0 Å². The maximum Gasteiger partial charge on any atom is 0.305 e. The van der Waals surface area contributed by atoms with E-state index in [2.05, 4.69) is 30.5 Å². The van der Waals surface area contributed by atoms with Gasteiger partial charge in [0, 0.05) is 13.0 Å². The van der Waals surface area contributed by atoms with Gasteiger partial charge in [-0.1, -0.05) is 20.3 Å². The molecule has 0 aliphatic rings. The van der Waals surface area contributed by atoms with E-state index in [0.717, 1.165) is 25.4 Å². The van der Waals surface area contributed by atoms with Crippen molar-refractivity contribution in [2.75, 3.05) is 27.2 Å². The van der Waals surface area contributed by atoms with Gasteiger partial charge in [0.05, 0.1) is 7.11 Å². The van der Waals surface area contributed by atoms with Crippen LogP contribution in [0, 0.1) is 5.92 Å². The summed E-state index contributed by atoms with van der Waals surface area (Å²) in [7, 11) is 3.55. The Morgan fingerprint density at radius 1 is 1.47 bits per heavy atom. The second kappa shape index (κ2) is 8.72. The molecule has 0 spiro atoms. The highest BCUT2D eigenvalue weighted by molar-refractivity contribution is 5.69. The van der Waals surface area contributed by atoms with E-state index in [1.54, 1.807) is 0 Å². The van der Waals surface area contributed by atoms with Gasteiger partial charge in [-0.2, -0.15) is 0 Å². The summed E-state index contributed by atoms with van der Waals surface area (Å²) in [6.07, 6.45) is 3.95. The monoisotopic (exact) mass is 215 g/mol. The van der Waals surface area contributed by atoms with Crippen molar-refractivity contribution in [1.82, 2.24) is 4.90 Å². The molecule has 0 N–H and O–H groups in total. The Bertz CT molecular complexity index is 171. The third-order valence-corrected chi connectivity index (χ3v) is 2.55. The molecule has 0 heterocycles. The topological polar surface area (TPSA) is 29.5 Å². The Kier molecular flexibility index (Phi) is 8.38. The first-order valence-corrected chi connectivity index (χ1v) is 5.85. The lowest BCUT2D eigenvalue weighted by Crippen LogP contribution is -2.25. The summed E-state index contributed by atoms with van der Waals surface area (Å²) >= 11 is 0. The smallest absolute Gasteiger partial charge is 0.305 e. The molecule has 0 amide bonds. The lowest BCUT2D eigenvalue weighted by molar-refractivity contribution is -0.140. The van der Waals surface area contributed by atoms with Crippen molar-refractivity contribution < 1.29 is 9.53 Å². The van der Waals surface area contributed by atoms with Gasteiger partial charge in [-0.15, -0.1) is 0 Å². The van der Waals surface area contributed by atoms with Crippen molar-refractivity contribution in [3.8, 4) is 0 Å². The van der Waals surface area contributed by atoms with Gasteiger partial charge < -0.3 is 9.64 Å². The molecule has 0 aliphatic heterocycles. The molecule has 0 rings (SSSR count). The summed E-state index contributed by atoms with van der Waals surface area (Å²) in [5.41, 5.74) is 0. The number of hydrogen-bond acceptors (Lipinski definition) is 3. The second-order valence-electron chi connectivity index (χ2n) is 4.34. The molecule has 0 aliphatic carbocycles. The number of carbonyl (C=O) groups is 1. The lowest BCUT2D eigenvalue weighted by Gasteiger charge is -2.20. The van der Waals surface area contributed by atoms with Gasteiger partial charge in [0.15, 0.2) is 0 Å². The normalized spacial score (nSPS) is 12.9. The van der Waals surface area contributed by atoms with E-state index in [4.69, 9.17) is 0 Å². The van der Waals surface area contributed by atoms with Crippen LogP contribution in [0.4, 0.5) is 0 Å². The minimum Gasteiger partial charge on any atom is -0.469 e. The molecule has 1 unspecified atom stereocenters. The molecule has 0 fully saturated rings. The van der Waals surface area contributed by atoms with E-state index in [9.17, 15) is 4.79 Å². The first kappa shape index (κ1) is 14.4. The zero-order valence-corrected chi connectivity index (χ0v) is 10.6. The van der Waals surface area contributed by atoms with Crippen LogP contribution in [-0.2, 0) is 9.53 Å². The molecular weight excluding hydrogens is 190 g/mol. The van der Waals surface area contributed by atoms with Crippen LogP contribution in [0.5, 0.6) is 0 Å². The van der Waals surface area contributed by atoms with Crippen LogP contribution in [0.25, 0.3) is 0 Å². The van der Waals surface area contributed by atoms with Crippen molar-refractivity contribution in [3.05, 3.63) is 0 Å². The summed E-state index contributed by atoms with van der Waals surface area (Å²) in [5.74, 6) is 0.642. The van der Waals surface area contributed by atoms with E-state index < -0.39 is 0 Å². The fourth-order valence-electron chi connectivity index (χ4n) is 1.80. The number of methoxy groups -OCH3 is 1. The van der Waals surface area contributed by atoms with E-state index in [1.165, 1.54) is 20.0 Å². The third kappa shape index (κ3) is 8.43. The van der Waals surface area contributed by atoms with Crippen LogP contribution in [0.15, 0.2) is 0 Å². The molecule has 3 heteroatoms.